The molecule has 0 aliphatic carbocycles. The van der Waals surface area contributed by atoms with E-state index in [0.717, 1.165) is 18.1 Å². The van der Waals surface area contributed by atoms with Crippen LogP contribution in [0.4, 0.5) is 15.8 Å². The molecule has 0 unspecified atom stereocenters. The van der Waals surface area contributed by atoms with Gasteiger partial charge in [0, 0.05) is 22.6 Å². The van der Waals surface area contributed by atoms with Crippen LogP contribution in [0.15, 0.2) is 48.8 Å². The topological polar surface area (TPSA) is 93.1 Å². The molecule has 0 fully saturated rings. The fraction of sp³-hybridized carbons (Fsp3) is 0.111. The summed E-state index contributed by atoms with van der Waals surface area (Å²) in [6.45, 7) is 1.79. The van der Waals surface area contributed by atoms with Crippen LogP contribution in [0.25, 0.3) is 5.82 Å². The quantitative estimate of drug-likeness (QED) is 0.657. The van der Waals surface area contributed by atoms with Crippen LogP contribution in [0.5, 0.6) is 0 Å². The summed E-state index contributed by atoms with van der Waals surface area (Å²) in [7, 11) is -3.49. The van der Waals surface area contributed by atoms with Gasteiger partial charge in [-0.25, -0.2) is 17.8 Å². The Balaban J connectivity index is 1.84. The van der Waals surface area contributed by atoms with Gasteiger partial charge in [0.15, 0.2) is 0 Å². The molecule has 3 rings (SSSR count). The monoisotopic (exact) mass is 422 g/mol. The molecule has 0 spiro atoms. The summed E-state index contributed by atoms with van der Waals surface area (Å²) < 4.78 is 39.8. The van der Waals surface area contributed by atoms with E-state index in [2.05, 4.69) is 15.0 Å². The first kappa shape index (κ1) is 19.8. The number of carbonyl (C=O) groups is 1. The average Bonchev–Trinajstić information content (AvgIpc) is 2.95. The summed E-state index contributed by atoms with van der Waals surface area (Å²) in [6.07, 6.45) is 3.68. The van der Waals surface area contributed by atoms with Crippen molar-refractivity contribution in [2.24, 2.45) is 0 Å². The van der Waals surface area contributed by atoms with Gasteiger partial charge in [0.05, 0.1) is 23.7 Å². The molecular weight excluding hydrogens is 407 g/mol. The van der Waals surface area contributed by atoms with Gasteiger partial charge in [-0.1, -0.05) is 11.6 Å². The van der Waals surface area contributed by atoms with Crippen LogP contribution in [0.2, 0.25) is 5.02 Å². The second-order valence-corrected chi connectivity index (χ2v) is 8.32. The van der Waals surface area contributed by atoms with Crippen molar-refractivity contribution in [1.82, 2.24) is 9.55 Å². The van der Waals surface area contributed by atoms with E-state index in [1.54, 1.807) is 23.8 Å². The van der Waals surface area contributed by atoms with Gasteiger partial charge < -0.3 is 9.88 Å². The minimum Gasteiger partial charge on any atom is -0.322 e. The van der Waals surface area contributed by atoms with Gasteiger partial charge in [0.2, 0.25) is 10.0 Å². The van der Waals surface area contributed by atoms with Crippen LogP contribution in [0, 0.1) is 12.7 Å². The SMILES string of the molecule is Cc1cc(C(=O)Nc2cc(Cl)cc(NS(C)(=O)=O)c2)cn1-c1ccc(F)cn1. The van der Waals surface area contributed by atoms with E-state index in [9.17, 15) is 17.6 Å². The van der Waals surface area contributed by atoms with Gasteiger partial charge in [-0.3, -0.25) is 9.52 Å². The molecular formula is C18H16ClFN4O3S. The van der Waals surface area contributed by atoms with Crippen molar-refractivity contribution < 1.29 is 17.6 Å². The van der Waals surface area contributed by atoms with E-state index in [1.165, 1.54) is 30.3 Å². The lowest BCUT2D eigenvalue weighted by molar-refractivity contribution is 0.102. The van der Waals surface area contributed by atoms with Gasteiger partial charge in [-0.05, 0) is 43.3 Å². The summed E-state index contributed by atoms with van der Waals surface area (Å²) >= 11 is 6.00. The minimum atomic E-state index is -3.49. The molecule has 2 N–H and O–H groups in total. The Labute approximate surface area is 166 Å². The first-order valence-corrected chi connectivity index (χ1v) is 10.3. The number of benzene rings is 1. The lowest BCUT2D eigenvalue weighted by Crippen LogP contribution is -2.13. The molecule has 1 amide bonds. The maximum Gasteiger partial charge on any atom is 0.257 e. The van der Waals surface area contributed by atoms with Crippen molar-refractivity contribution in [3.8, 4) is 5.82 Å². The minimum absolute atomic E-state index is 0.231. The molecule has 0 aliphatic heterocycles. The Hall–Kier alpha value is -2.91. The molecule has 0 atom stereocenters. The lowest BCUT2D eigenvalue weighted by Gasteiger charge is -2.09. The van der Waals surface area contributed by atoms with Gasteiger partial charge in [-0.2, -0.15) is 0 Å². The Bertz CT molecular complexity index is 1140. The van der Waals surface area contributed by atoms with Crippen LogP contribution in [-0.2, 0) is 10.0 Å². The number of amides is 1. The standard InChI is InChI=1S/C18H16ClFN4O3S/c1-11-5-12(10-24(11)17-4-3-14(20)9-21-17)18(25)22-15-6-13(19)7-16(8-15)23-28(2,26)27/h3-10,23H,1-2H3,(H,22,25). The number of pyridine rings is 1. The number of nitrogens with zero attached hydrogens (tertiary/aromatic N) is 2. The molecule has 28 heavy (non-hydrogen) atoms. The maximum atomic E-state index is 13.1. The van der Waals surface area contributed by atoms with Gasteiger partial charge in [0.25, 0.3) is 5.91 Å². The predicted molar refractivity (Wildman–Crippen MR) is 106 cm³/mol. The number of hydrogen-bond donors (Lipinski definition) is 2. The molecule has 0 bridgehead atoms. The first-order chi connectivity index (χ1) is 13.1. The van der Waals surface area contributed by atoms with Crippen molar-refractivity contribution in [1.29, 1.82) is 0 Å². The molecule has 2 heterocycles. The Morgan fingerprint density at radius 2 is 1.89 bits per heavy atom. The lowest BCUT2D eigenvalue weighted by atomic mass is 10.2. The summed E-state index contributed by atoms with van der Waals surface area (Å²) in [4.78, 5) is 16.6. The summed E-state index contributed by atoms with van der Waals surface area (Å²) in [5.41, 5.74) is 1.64. The fourth-order valence-corrected chi connectivity index (χ4v) is 3.37. The van der Waals surface area contributed by atoms with Crippen molar-refractivity contribution >= 4 is 38.9 Å². The Morgan fingerprint density at radius 3 is 2.54 bits per heavy atom. The third kappa shape index (κ3) is 4.87. The highest BCUT2D eigenvalue weighted by atomic mass is 35.5. The van der Waals surface area contributed by atoms with E-state index in [-0.39, 0.29) is 10.7 Å². The number of anilines is 2. The molecule has 0 aliphatic rings. The van der Waals surface area contributed by atoms with E-state index >= 15 is 0 Å². The largest absolute Gasteiger partial charge is 0.322 e. The van der Waals surface area contributed by atoms with Crippen LogP contribution >= 0.6 is 11.6 Å². The maximum absolute atomic E-state index is 13.1. The van der Waals surface area contributed by atoms with Gasteiger partial charge in [-0.15, -0.1) is 0 Å². The Morgan fingerprint density at radius 1 is 1.18 bits per heavy atom. The Kier molecular flexibility index (Phi) is 5.39. The zero-order valence-electron chi connectivity index (χ0n) is 14.9. The second kappa shape index (κ2) is 7.61. The molecule has 10 heteroatoms. The van der Waals surface area contributed by atoms with Crippen LogP contribution in [0.3, 0.4) is 0 Å². The number of carbonyl (C=O) groups excluding carboxylic acids is 1. The van der Waals surface area contributed by atoms with E-state index in [0.29, 0.717) is 17.1 Å². The number of nitrogens with one attached hydrogen (secondary N) is 2. The normalized spacial score (nSPS) is 11.3. The predicted octanol–water partition coefficient (Wildman–Crippen LogP) is 3.60. The first-order valence-electron chi connectivity index (χ1n) is 8.01. The molecule has 0 saturated heterocycles. The van der Waals surface area contributed by atoms with E-state index < -0.39 is 21.7 Å². The van der Waals surface area contributed by atoms with Crippen LogP contribution in [0.1, 0.15) is 16.1 Å². The molecule has 1 aromatic carbocycles. The zero-order valence-corrected chi connectivity index (χ0v) is 16.5. The number of halogens is 2. The smallest absolute Gasteiger partial charge is 0.257 e. The van der Waals surface area contributed by atoms with Gasteiger partial charge in [0.1, 0.15) is 11.6 Å². The molecule has 0 radical (unpaired) electrons. The molecule has 2 aromatic heterocycles. The highest BCUT2D eigenvalue weighted by Crippen LogP contribution is 2.24. The number of rotatable bonds is 5. The fourth-order valence-electron chi connectivity index (χ4n) is 2.59. The highest BCUT2D eigenvalue weighted by Gasteiger charge is 2.13. The average molecular weight is 423 g/mol. The number of aryl methyl sites for hydroxylation is 1. The number of hydrogen-bond acceptors (Lipinski definition) is 4. The number of aromatic nitrogens is 2. The van der Waals surface area contributed by atoms with Crippen LogP contribution in [-0.4, -0.2) is 30.1 Å². The second-order valence-electron chi connectivity index (χ2n) is 6.13. The number of sulfonamides is 1. The van der Waals surface area contributed by atoms with Crippen molar-refractivity contribution in [2.45, 2.75) is 6.92 Å². The van der Waals surface area contributed by atoms with Crippen molar-refractivity contribution in [3.05, 3.63) is 70.9 Å². The third-order valence-electron chi connectivity index (χ3n) is 3.69. The molecule has 0 saturated carbocycles. The summed E-state index contributed by atoms with van der Waals surface area (Å²) in [6, 6.07) is 8.82. The van der Waals surface area contributed by atoms with E-state index in [4.69, 9.17) is 11.6 Å². The van der Waals surface area contributed by atoms with Crippen LogP contribution < -0.4 is 10.0 Å². The molecule has 7 nitrogen and oxygen atoms in total. The molecule has 146 valence electrons. The molecule has 3 aromatic rings. The van der Waals surface area contributed by atoms with Gasteiger partial charge >= 0.3 is 0 Å². The highest BCUT2D eigenvalue weighted by molar-refractivity contribution is 7.92. The zero-order chi connectivity index (χ0) is 20.5. The van der Waals surface area contributed by atoms with Crippen molar-refractivity contribution in [3.63, 3.8) is 0 Å². The summed E-state index contributed by atoms with van der Waals surface area (Å²) in [5.74, 6) is -0.400. The van der Waals surface area contributed by atoms with Crippen molar-refractivity contribution in [2.75, 3.05) is 16.3 Å². The third-order valence-corrected chi connectivity index (χ3v) is 4.52. The van der Waals surface area contributed by atoms with E-state index in [1.807, 2.05) is 0 Å². The summed E-state index contributed by atoms with van der Waals surface area (Å²) in [5, 5.41) is 2.93.